The molecule has 98 valence electrons. The largest absolute Gasteiger partial charge is 0.322 e. The second kappa shape index (κ2) is 5.16. The van der Waals surface area contributed by atoms with Crippen molar-refractivity contribution in [3.63, 3.8) is 0 Å². The summed E-state index contributed by atoms with van der Waals surface area (Å²) in [4.78, 5) is 7.16. The van der Waals surface area contributed by atoms with Crippen LogP contribution in [0.3, 0.4) is 0 Å². The molecule has 0 atom stereocenters. The minimum absolute atomic E-state index is 0.399. The van der Waals surface area contributed by atoms with Gasteiger partial charge in [0, 0.05) is 14.8 Å². The van der Waals surface area contributed by atoms with Gasteiger partial charge < -0.3 is 4.57 Å². The molecule has 2 heterocycles. The lowest BCUT2D eigenvalue weighted by Gasteiger charge is -2.05. The van der Waals surface area contributed by atoms with Gasteiger partial charge in [0.05, 0.1) is 23.5 Å². The lowest BCUT2D eigenvalue weighted by Crippen LogP contribution is -2.02. The molecular weight excluding hydrogens is 299 g/mol. The van der Waals surface area contributed by atoms with Crippen molar-refractivity contribution in [3.8, 4) is 0 Å². The van der Waals surface area contributed by atoms with E-state index in [2.05, 4.69) is 28.6 Å². The number of thiophene rings is 1. The van der Waals surface area contributed by atoms with Crippen molar-refractivity contribution in [2.45, 2.75) is 19.3 Å². The van der Waals surface area contributed by atoms with E-state index in [4.69, 9.17) is 23.2 Å². The van der Waals surface area contributed by atoms with E-state index in [0.29, 0.717) is 10.9 Å². The van der Waals surface area contributed by atoms with Gasteiger partial charge in [0.1, 0.15) is 5.82 Å². The number of aryl methyl sites for hydroxylation is 1. The van der Waals surface area contributed by atoms with Gasteiger partial charge >= 0.3 is 0 Å². The van der Waals surface area contributed by atoms with Crippen LogP contribution < -0.4 is 0 Å². The number of fused-ring (bicyclic) bond motifs is 1. The molecule has 0 N–H and O–H groups in total. The molecule has 0 unspecified atom stereocenters. The normalized spacial score (nSPS) is 11.3. The maximum absolute atomic E-state index is 6.01. The Morgan fingerprint density at radius 3 is 2.79 bits per heavy atom. The van der Waals surface area contributed by atoms with Gasteiger partial charge in [-0.25, -0.2) is 4.98 Å². The molecule has 2 nitrogen and oxygen atoms in total. The first-order valence-corrected chi connectivity index (χ1v) is 7.66. The summed E-state index contributed by atoms with van der Waals surface area (Å²) in [5.41, 5.74) is 1.97. The Morgan fingerprint density at radius 1 is 1.26 bits per heavy atom. The quantitative estimate of drug-likeness (QED) is 0.632. The zero-order chi connectivity index (χ0) is 13.4. The second-order valence-electron chi connectivity index (χ2n) is 4.39. The monoisotopic (exact) mass is 310 g/mol. The summed E-state index contributed by atoms with van der Waals surface area (Å²) < 4.78 is 2.16. The van der Waals surface area contributed by atoms with Crippen LogP contribution in [-0.4, -0.2) is 9.55 Å². The SMILES string of the molecule is Cc1ccc(Cn2c(CCl)nc3cc(Cl)ccc32)s1. The molecule has 0 bridgehead atoms. The van der Waals surface area contributed by atoms with Crippen molar-refractivity contribution in [1.29, 1.82) is 0 Å². The third-order valence-corrected chi connectivity index (χ3v) is 4.48. The number of imidazole rings is 1. The maximum Gasteiger partial charge on any atom is 0.125 e. The molecule has 0 amide bonds. The van der Waals surface area contributed by atoms with Crippen molar-refractivity contribution >= 4 is 45.6 Å². The smallest absolute Gasteiger partial charge is 0.125 e. The Kier molecular flexibility index (Phi) is 3.52. The van der Waals surface area contributed by atoms with Gasteiger partial charge in [-0.15, -0.1) is 22.9 Å². The highest BCUT2D eigenvalue weighted by atomic mass is 35.5. The van der Waals surface area contributed by atoms with Crippen molar-refractivity contribution in [3.05, 3.63) is 50.9 Å². The van der Waals surface area contributed by atoms with Gasteiger partial charge in [0.25, 0.3) is 0 Å². The van der Waals surface area contributed by atoms with Crippen LogP contribution in [0, 0.1) is 6.92 Å². The lowest BCUT2D eigenvalue weighted by molar-refractivity contribution is 0.789. The van der Waals surface area contributed by atoms with E-state index >= 15 is 0 Å². The van der Waals surface area contributed by atoms with Crippen molar-refractivity contribution in [1.82, 2.24) is 9.55 Å². The summed E-state index contributed by atoms with van der Waals surface area (Å²) in [6.45, 7) is 2.92. The fraction of sp³-hybridized carbons (Fsp3) is 0.214. The van der Waals surface area contributed by atoms with Gasteiger partial charge in [0.2, 0.25) is 0 Å². The van der Waals surface area contributed by atoms with E-state index in [1.807, 2.05) is 18.2 Å². The molecular formula is C14H12Cl2N2S. The molecule has 1 aromatic carbocycles. The Labute approximate surface area is 125 Å². The van der Waals surface area contributed by atoms with Gasteiger partial charge in [-0.3, -0.25) is 0 Å². The number of hydrogen-bond donors (Lipinski definition) is 0. The first-order chi connectivity index (χ1) is 9.17. The third-order valence-electron chi connectivity index (χ3n) is 3.02. The molecule has 0 fully saturated rings. The molecule has 0 radical (unpaired) electrons. The minimum Gasteiger partial charge on any atom is -0.322 e. The van der Waals surface area contributed by atoms with Crippen LogP contribution in [0.4, 0.5) is 0 Å². The summed E-state index contributed by atoms with van der Waals surface area (Å²) in [6, 6.07) is 10.1. The number of nitrogens with zero attached hydrogens (tertiary/aromatic N) is 2. The van der Waals surface area contributed by atoms with E-state index in [-0.39, 0.29) is 0 Å². The summed E-state index contributed by atoms with van der Waals surface area (Å²) >= 11 is 13.8. The van der Waals surface area contributed by atoms with E-state index < -0.39 is 0 Å². The highest BCUT2D eigenvalue weighted by molar-refractivity contribution is 7.11. The number of halogens is 2. The number of aromatic nitrogens is 2. The van der Waals surface area contributed by atoms with Crippen LogP contribution in [0.5, 0.6) is 0 Å². The second-order valence-corrected chi connectivity index (χ2v) is 6.47. The summed E-state index contributed by atoms with van der Waals surface area (Å²) in [7, 11) is 0. The Bertz CT molecular complexity index is 730. The molecule has 0 saturated carbocycles. The highest BCUT2D eigenvalue weighted by Crippen LogP contribution is 2.24. The van der Waals surface area contributed by atoms with Gasteiger partial charge in [-0.2, -0.15) is 0 Å². The van der Waals surface area contributed by atoms with Gasteiger partial charge in [-0.05, 0) is 37.3 Å². The summed E-state index contributed by atoms with van der Waals surface area (Å²) in [5, 5.41) is 0.699. The molecule has 0 aliphatic carbocycles. The molecule has 0 aliphatic rings. The van der Waals surface area contributed by atoms with E-state index in [9.17, 15) is 0 Å². The lowest BCUT2D eigenvalue weighted by atomic mass is 10.3. The summed E-state index contributed by atoms with van der Waals surface area (Å²) in [6.07, 6.45) is 0. The topological polar surface area (TPSA) is 17.8 Å². The predicted molar refractivity (Wildman–Crippen MR) is 82.5 cm³/mol. The first-order valence-electron chi connectivity index (χ1n) is 5.93. The van der Waals surface area contributed by atoms with Crippen molar-refractivity contribution < 1.29 is 0 Å². The fourth-order valence-electron chi connectivity index (χ4n) is 2.16. The Hall–Kier alpha value is -1.03. The number of hydrogen-bond acceptors (Lipinski definition) is 2. The Morgan fingerprint density at radius 2 is 2.11 bits per heavy atom. The zero-order valence-corrected chi connectivity index (χ0v) is 12.7. The highest BCUT2D eigenvalue weighted by Gasteiger charge is 2.11. The molecule has 3 rings (SSSR count). The zero-order valence-electron chi connectivity index (χ0n) is 10.4. The molecule has 0 saturated heterocycles. The molecule has 3 aromatic rings. The van der Waals surface area contributed by atoms with Crippen LogP contribution in [0.25, 0.3) is 11.0 Å². The molecule has 0 aliphatic heterocycles. The fourth-order valence-corrected chi connectivity index (χ4v) is 3.41. The van der Waals surface area contributed by atoms with E-state index in [1.165, 1.54) is 9.75 Å². The van der Waals surface area contributed by atoms with Crippen LogP contribution in [-0.2, 0) is 12.4 Å². The average Bonchev–Trinajstić information content (AvgIpc) is 2.94. The predicted octanol–water partition coefficient (Wildman–Crippen LogP) is 4.85. The van der Waals surface area contributed by atoms with E-state index in [1.54, 1.807) is 11.3 Å². The molecule has 0 spiro atoms. The molecule has 19 heavy (non-hydrogen) atoms. The maximum atomic E-state index is 6.01. The van der Waals surface area contributed by atoms with Crippen molar-refractivity contribution in [2.75, 3.05) is 0 Å². The molecule has 5 heteroatoms. The number of alkyl halides is 1. The third kappa shape index (κ3) is 2.50. The van der Waals surface area contributed by atoms with Crippen LogP contribution in [0.1, 0.15) is 15.6 Å². The first kappa shape index (κ1) is 13.0. The van der Waals surface area contributed by atoms with E-state index in [0.717, 1.165) is 23.4 Å². The van der Waals surface area contributed by atoms with Gasteiger partial charge in [-0.1, -0.05) is 11.6 Å². The average molecular weight is 311 g/mol. The van der Waals surface area contributed by atoms with Crippen LogP contribution in [0.15, 0.2) is 30.3 Å². The summed E-state index contributed by atoms with van der Waals surface area (Å²) in [5.74, 6) is 1.28. The number of benzene rings is 1. The van der Waals surface area contributed by atoms with Gasteiger partial charge in [0.15, 0.2) is 0 Å². The Balaban J connectivity index is 2.10. The standard InChI is InChI=1S/C14H12Cl2N2S/c1-9-2-4-11(19-9)8-18-13-5-3-10(16)6-12(13)17-14(18)7-15/h2-6H,7-8H2,1H3. The number of rotatable bonds is 3. The van der Waals surface area contributed by atoms with Crippen molar-refractivity contribution in [2.24, 2.45) is 0 Å². The van der Waals surface area contributed by atoms with Crippen LogP contribution in [0.2, 0.25) is 5.02 Å². The minimum atomic E-state index is 0.399. The molecule has 2 aromatic heterocycles. The van der Waals surface area contributed by atoms with Crippen LogP contribution >= 0.6 is 34.5 Å².